The van der Waals surface area contributed by atoms with Gasteiger partial charge in [0.2, 0.25) is 0 Å². The molecule has 18 heavy (non-hydrogen) atoms. The van der Waals surface area contributed by atoms with Crippen molar-refractivity contribution in [2.75, 3.05) is 13.2 Å². The first-order valence-electron chi connectivity index (χ1n) is 7.40. The van der Waals surface area contributed by atoms with Crippen LogP contribution in [0.3, 0.4) is 0 Å². The maximum atomic E-state index is 9.65. The highest BCUT2D eigenvalue weighted by Gasteiger charge is 2.29. The minimum Gasteiger partial charge on any atom is -0.394 e. The van der Waals surface area contributed by atoms with Crippen molar-refractivity contribution in [1.82, 2.24) is 10.2 Å². The summed E-state index contributed by atoms with van der Waals surface area (Å²) in [4.78, 5) is 2.52. The van der Waals surface area contributed by atoms with Gasteiger partial charge in [-0.15, -0.1) is 0 Å². The standard InChI is InChI=1S/C15H34N2O/c1-8-9-17(13(4)5)14(6)10-15(7,11-18)16-12(2)3/h12-14,16,18H,8-11H2,1-7H3. The molecule has 0 saturated heterocycles. The summed E-state index contributed by atoms with van der Waals surface area (Å²) >= 11 is 0. The van der Waals surface area contributed by atoms with Crippen molar-refractivity contribution >= 4 is 0 Å². The molecule has 2 N–H and O–H groups in total. The number of nitrogens with zero attached hydrogens (tertiary/aromatic N) is 1. The molecule has 0 radical (unpaired) electrons. The van der Waals surface area contributed by atoms with Gasteiger partial charge in [0.15, 0.2) is 0 Å². The smallest absolute Gasteiger partial charge is 0.0611 e. The van der Waals surface area contributed by atoms with E-state index in [0.717, 1.165) is 13.0 Å². The third-order valence-corrected chi connectivity index (χ3v) is 3.44. The normalized spacial score (nSPS) is 17.5. The third kappa shape index (κ3) is 6.17. The highest BCUT2D eigenvalue weighted by molar-refractivity contribution is 4.89. The van der Waals surface area contributed by atoms with E-state index in [1.165, 1.54) is 6.42 Å². The second-order valence-corrected chi connectivity index (χ2v) is 6.40. The molecule has 0 aromatic carbocycles. The van der Waals surface area contributed by atoms with Crippen LogP contribution in [0.2, 0.25) is 0 Å². The lowest BCUT2D eigenvalue weighted by atomic mass is 9.92. The number of hydrogen-bond donors (Lipinski definition) is 2. The van der Waals surface area contributed by atoms with Crippen LogP contribution in [0, 0.1) is 0 Å². The Hall–Kier alpha value is -0.120. The number of rotatable bonds is 9. The van der Waals surface area contributed by atoms with E-state index in [1.807, 2.05) is 0 Å². The lowest BCUT2D eigenvalue weighted by Crippen LogP contribution is -2.53. The van der Waals surface area contributed by atoms with Gasteiger partial charge < -0.3 is 10.4 Å². The first kappa shape index (κ1) is 17.9. The van der Waals surface area contributed by atoms with Crippen LogP contribution in [0.25, 0.3) is 0 Å². The molecule has 0 spiro atoms. The Bertz CT molecular complexity index is 219. The van der Waals surface area contributed by atoms with Crippen molar-refractivity contribution in [2.45, 2.75) is 85.0 Å². The molecule has 110 valence electrons. The van der Waals surface area contributed by atoms with Gasteiger partial charge >= 0.3 is 0 Å². The summed E-state index contributed by atoms with van der Waals surface area (Å²) in [5.41, 5.74) is -0.186. The van der Waals surface area contributed by atoms with Gasteiger partial charge in [0.1, 0.15) is 0 Å². The van der Waals surface area contributed by atoms with Gasteiger partial charge in [-0.1, -0.05) is 20.8 Å². The van der Waals surface area contributed by atoms with Crippen molar-refractivity contribution in [3.8, 4) is 0 Å². The zero-order valence-corrected chi connectivity index (χ0v) is 13.5. The molecular weight excluding hydrogens is 224 g/mol. The van der Waals surface area contributed by atoms with Gasteiger partial charge in [-0.3, -0.25) is 4.90 Å². The van der Waals surface area contributed by atoms with Gasteiger partial charge in [-0.2, -0.15) is 0 Å². The van der Waals surface area contributed by atoms with E-state index in [-0.39, 0.29) is 12.1 Å². The fraction of sp³-hybridized carbons (Fsp3) is 1.00. The summed E-state index contributed by atoms with van der Waals surface area (Å²) in [6, 6.07) is 1.43. The minimum absolute atomic E-state index is 0.186. The Morgan fingerprint density at radius 2 is 1.72 bits per heavy atom. The lowest BCUT2D eigenvalue weighted by Gasteiger charge is -2.39. The van der Waals surface area contributed by atoms with E-state index < -0.39 is 0 Å². The molecule has 3 heteroatoms. The second kappa shape index (κ2) is 8.13. The molecular formula is C15H34N2O. The number of aliphatic hydroxyl groups is 1. The molecule has 0 amide bonds. The van der Waals surface area contributed by atoms with Crippen LogP contribution >= 0.6 is 0 Å². The number of hydrogen-bond acceptors (Lipinski definition) is 3. The third-order valence-electron chi connectivity index (χ3n) is 3.44. The Kier molecular flexibility index (Phi) is 8.08. The first-order valence-corrected chi connectivity index (χ1v) is 7.40. The average molecular weight is 258 g/mol. The van der Waals surface area contributed by atoms with E-state index in [9.17, 15) is 5.11 Å². The molecule has 2 unspecified atom stereocenters. The molecule has 0 aromatic rings. The van der Waals surface area contributed by atoms with Gasteiger partial charge in [0.25, 0.3) is 0 Å². The number of aliphatic hydroxyl groups excluding tert-OH is 1. The van der Waals surface area contributed by atoms with E-state index in [1.54, 1.807) is 0 Å². The van der Waals surface area contributed by atoms with Crippen LogP contribution in [0.1, 0.15) is 61.3 Å². The van der Waals surface area contributed by atoms with Crippen molar-refractivity contribution in [3.63, 3.8) is 0 Å². The van der Waals surface area contributed by atoms with Crippen LogP contribution in [0.4, 0.5) is 0 Å². The maximum absolute atomic E-state index is 9.65. The molecule has 0 bridgehead atoms. The van der Waals surface area contributed by atoms with Gasteiger partial charge in [0, 0.05) is 23.7 Å². The fourth-order valence-electron chi connectivity index (χ4n) is 2.88. The molecule has 0 saturated carbocycles. The molecule has 0 aromatic heterocycles. The SMILES string of the molecule is CCCN(C(C)C)C(C)CC(C)(CO)NC(C)C. The molecule has 0 aliphatic rings. The zero-order chi connectivity index (χ0) is 14.3. The highest BCUT2D eigenvalue weighted by Crippen LogP contribution is 2.19. The van der Waals surface area contributed by atoms with Crippen LogP contribution < -0.4 is 5.32 Å². The minimum atomic E-state index is -0.186. The summed E-state index contributed by atoms with van der Waals surface area (Å²) in [6.45, 7) is 16.7. The summed E-state index contributed by atoms with van der Waals surface area (Å²) in [6.07, 6.45) is 2.15. The molecule has 0 aliphatic heterocycles. The summed E-state index contributed by atoms with van der Waals surface area (Å²) < 4.78 is 0. The molecule has 0 aliphatic carbocycles. The first-order chi connectivity index (χ1) is 8.25. The van der Waals surface area contributed by atoms with E-state index >= 15 is 0 Å². The van der Waals surface area contributed by atoms with Gasteiger partial charge in [0.05, 0.1) is 6.61 Å². The predicted octanol–water partition coefficient (Wildman–Crippen LogP) is 2.63. The molecule has 2 atom stereocenters. The highest BCUT2D eigenvalue weighted by atomic mass is 16.3. The summed E-state index contributed by atoms with van der Waals surface area (Å²) in [5, 5.41) is 13.1. The van der Waals surface area contributed by atoms with Crippen LogP contribution in [-0.2, 0) is 0 Å². The monoisotopic (exact) mass is 258 g/mol. The predicted molar refractivity (Wildman–Crippen MR) is 80.0 cm³/mol. The average Bonchev–Trinajstić information content (AvgIpc) is 2.23. The molecule has 0 fully saturated rings. The van der Waals surface area contributed by atoms with E-state index in [2.05, 4.69) is 58.7 Å². The van der Waals surface area contributed by atoms with E-state index in [0.29, 0.717) is 18.1 Å². The van der Waals surface area contributed by atoms with Crippen molar-refractivity contribution in [1.29, 1.82) is 0 Å². The van der Waals surface area contributed by atoms with Gasteiger partial charge in [-0.05, 0) is 47.1 Å². The van der Waals surface area contributed by atoms with Crippen LogP contribution in [0.15, 0.2) is 0 Å². The van der Waals surface area contributed by atoms with Crippen LogP contribution in [0.5, 0.6) is 0 Å². The van der Waals surface area contributed by atoms with Crippen molar-refractivity contribution in [3.05, 3.63) is 0 Å². The summed E-state index contributed by atoms with van der Waals surface area (Å²) in [7, 11) is 0. The Balaban J connectivity index is 4.60. The fourth-order valence-corrected chi connectivity index (χ4v) is 2.88. The molecule has 3 nitrogen and oxygen atoms in total. The Morgan fingerprint density at radius 3 is 2.06 bits per heavy atom. The maximum Gasteiger partial charge on any atom is 0.0611 e. The molecule has 0 heterocycles. The number of nitrogens with one attached hydrogen (secondary N) is 1. The zero-order valence-electron chi connectivity index (χ0n) is 13.5. The van der Waals surface area contributed by atoms with E-state index in [4.69, 9.17) is 0 Å². The Morgan fingerprint density at radius 1 is 1.17 bits per heavy atom. The topological polar surface area (TPSA) is 35.5 Å². The van der Waals surface area contributed by atoms with Gasteiger partial charge in [-0.25, -0.2) is 0 Å². The van der Waals surface area contributed by atoms with Crippen LogP contribution in [-0.4, -0.2) is 46.8 Å². The largest absolute Gasteiger partial charge is 0.394 e. The van der Waals surface area contributed by atoms with Crippen molar-refractivity contribution < 1.29 is 5.11 Å². The lowest BCUT2D eigenvalue weighted by molar-refractivity contribution is 0.0924. The summed E-state index contributed by atoms with van der Waals surface area (Å²) in [5.74, 6) is 0. The molecule has 0 rings (SSSR count). The quantitative estimate of drug-likeness (QED) is 0.667. The second-order valence-electron chi connectivity index (χ2n) is 6.40. The van der Waals surface area contributed by atoms with Crippen molar-refractivity contribution in [2.24, 2.45) is 0 Å². The Labute approximate surface area is 114 Å².